The van der Waals surface area contributed by atoms with Gasteiger partial charge in [-0.1, -0.05) is 32.9 Å². The molecule has 3 N–H and O–H groups in total. The van der Waals surface area contributed by atoms with Gasteiger partial charge in [0.25, 0.3) is 0 Å². The summed E-state index contributed by atoms with van der Waals surface area (Å²) >= 11 is 0. The normalized spacial score (nSPS) is 13.6. The van der Waals surface area contributed by atoms with Gasteiger partial charge in [0, 0.05) is 12.5 Å². The number of benzene rings is 1. The molecular weight excluding hydrogens is 435 g/mol. The van der Waals surface area contributed by atoms with Gasteiger partial charge in [-0.2, -0.15) is 0 Å². The van der Waals surface area contributed by atoms with E-state index in [1.165, 1.54) is 5.56 Å². The number of nitrogens with two attached hydrogens (primary N) is 1. The smallest absolute Gasteiger partial charge is 0.493 e. The molecule has 0 radical (unpaired) electrons. The minimum atomic E-state index is -0.691. The van der Waals surface area contributed by atoms with Gasteiger partial charge in [0.15, 0.2) is 0 Å². The average molecular weight is 469 g/mol. The molecule has 0 saturated heterocycles. The van der Waals surface area contributed by atoms with Gasteiger partial charge in [0.2, 0.25) is 0 Å². The van der Waals surface area contributed by atoms with Crippen molar-refractivity contribution < 1.29 is 83.5 Å². The average Bonchev–Trinajstić information content (AvgIpc) is 2.45. The number of fused-ring (bicyclic) bond motifs is 1. The first-order valence-electron chi connectivity index (χ1n) is 8.42. The molecule has 1 aromatic carbocycles. The van der Waals surface area contributed by atoms with Gasteiger partial charge in [-0.3, -0.25) is 4.79 Å². The molecule has 2 rings (SSSR count). The van der Waals surface area contributed by atoms with Crippen molar-refractivity contribution in [3.8, 4) is 5.75 Å². The van der Waals surface area contributed by atoms with Crippen molar-refractivity contribution in [3.05, 3.63) is 36.8 Å². The summed E-state index contributed by atoms with van der Waals surface area (Å²) in [5, 5.41) is 8.31. The van der Waals surface area contributed by atoms with E-state index in [1.54, 1.807) is 0 Å². The van der Waals surface area contributed by atoms with Crippen LogP contribution in [0, 0.1) is 12.8 Å². The monoisotopic (exact) mass is 469 g/mol. The van der Waals surface area contributed by atoms with Crippen LogP contribution in [0.1, 0.15) is 70.5 Å². The zero-order valence-corrected chi connectivity index (χ0v) is 23.2. The second kappa shape index (κ2) is 13.6. The molecule has 25 heavy (non-hydrogen) atoms. The van der Waals surface area contributed by atoms with Crippen LogP contribution >= 0.6 is 0 Å². The molecule has 1 heterocycles. The van der Waals surface area contributed by atoms with E-state index < -0.39 is 5.97 Å². The maximum Gasteiger partial charge on any atom is 1.00 e. The van der Waals surface area contributed by atoms with Gasteiger partial charge in [0.1, 0.15) is 5.75 Å². The molecule has 4 nitrogen and oxygen atoms in total. The molecule has 1 unspecified atom stereocenters. The second-order valence-electron chi connectivity index (χ2n) is 7.42. The summed E-state index contributed by atoms with van der Waals surface area (Å²) in [6.45, 7) is 9.19. The molecule has 0 bridgehead atoms. The van der Waals surface area contributed by atoms with Crippen LogP contribution in [-0.4, -0.2) is 17.7 Å². The van der Waals surface area contributed by atoms with Gasteiger partial charge in [0.05, 0.1) is 6.61 Å². The molecule has 138 valence electrons. The molecule has 1 atom stereocenters. The van der Waals surface area contributed by atoms with Crippen molar-refractivity contribution in [2.24, 2.45) is 11.1 Å². The fraction of sp³-hybridized carbons (Fsp3) is 0.600. The Bertz CT molecular complexity index is 510. The first-order valence-corrected chi connectivity index (χ1v) is 8.42. The fourth-order valence-corrected chi connectivity index (χ4v) is 2.41. The molecule has 0 aliphatic carbocycles. The summed E-state index contributed by atoms with van der Waals surface area (Å²) in [6, 6.07) is 6.39. The van der Waals surface area contributed by atoms with Crippen LogP contribution in [0.2, 0.25) is 0 Å². The number of hydrogen-bond donors (Lipinski definition) is 2. The van der Waals surface area contributed by atoms with E-state index in [4.69, 9.17) is 15.6 Å². The topological polar surface area (TPSA) is 72.5 Å². The quantitative estimate of drug-likeness (QED) is 0.660. The van der Waals surface area contributed by atoms with E-state index in [9.17, 15) is 4.79 Å². The number of hydrogen-bond acceptors (Lipinski definition) is 3. The molecule has 1 aromatic rings. The number of aliphatic carboxylic acids is 1. The second-order valence-corrected chi connectivity index (χ2v) is 7.42. The van der Waals surface area contributed by atoms with Gasteiger partial charge in [-0.15, -0.1) is 0 Å². The van der Waals surface area contributed by atoms with Gasteiger partial charge in [-0.25, -0.2) is 0 Å². The molecular formula is C20H34CsNO3. The molecule has 0 amide bonds. The Labute approximate surface area is 212 Å². The van der Waals surface area contributed by atoms with E-state index in [-0.39, 0.29) is 87.8 Å². The molecule has 0 saturated carbocycles. The van der Waals surface area contributed by atoms with E-state index in [2.05, 4.69) is 39.0 Å². The Balaban J connectivity index is 0. The number of rotatable bonds is 4. The molecule has 1 aliphatic heterocycles. The number of carboxylic acids is 1. The summed E-state index contributed by atoms with van der Waals surface area (Å²) in [5.74, 6) is 0.338. The van der Waals surface area contributed by atoms with Crippen molar-refractivity contribution in [3.63, 3.8) is 0 Å². The van der Waals surface area contributed by atoms with Crippen molar-refractivity contribution in [1.29, 1.82) is 0 Å². The van der Waals surface area contributed by atoms with Crippen molar-refractivity contribution in [2.75, 3.05) is 6.61 Å². The van der Waals surface area contributed by atoms with Crippen LogP contribution in [0.3, 0.4) is 0 Å². The summed E-state index contributed by atoms with van der Waals surface area (Å²) in [5.41, 5.74) is 8.53. The van der Waals surface area contributed by atoms with Crippen molar-refractivity contribution in [2.45, 2.75) is 65.8 Å². The van der Waals surface area contributed by atoms with Crippen LogP contribution < -0.4 is 79.4 Å². The number of ether oxygens (including phenoxy) is 1. The van der Waals surface area contributed by atoms with Gasteiger partial charge >= 0.3 is 74.9 Å². The molecule has 0 fully saturated rings. The zero-order valence-electron chi connectivity index (χ0n) is 16.9. The van der Waals surface area contributed by atoms with Crippen molar-refractivity contribution >= 4 is 5.97 Å². The SMILES string of the molecule is CC(C)(C)CCCC(=O)O.CC(N)c1ccc2c(c1)OCCC2.[CH3-].[Cs+]. The van der Waals surface area contributed by atoms with Crippen LogP contribution in [0.25, 0.3) is 0 Å². The van der Waals surface area contributed by atoms with Crippen molar-refractivity contribution in [1.82, 2.24) is 0 Å². The van der Waals surface area contributed by atoms with E-state index in [0.29, 0.717) is 6.42 Å². The predicted octanol–water partition coefficient (Wildman–Crippen LogP) is 1.77. The fourth-order valence-electron chi connectivity index (χ4n) is 2.41. The third kappa shape index (κ3) is 12.5. The summed E-state index contributed by atoms with van der Waals surface area (Å²) < 4.78 is 5.56. The first-order chi connectivity index (χ1) is 10.7. The zero-order chi connectivity index (χ0) is 17.5. The van der Waals surface area contributed by atoms with Crippen LogP contribution in [0.5, 0.6) is 5.75 Å². The third-order valence-corrected chi connectivity index (χ3v) is 3.78. The summed E-state index contributed by atoms with van der Waals surface area (Å²) in [7, 11) is 0. The molecule has 1 aliphatic rings. The maximum absolute atomic E-state index is 10.1. The Kier molecular flexibility index (Phi) is 15.1. The summed E-state index contributed by atoms with van der Waals surface area (Å²) in [6.07, 6.45) is 4.34. The largest absolute Gasteiger partial charge is 1.00 e. The van der Waals surface area contributed by atoms with E-state index in [1.807, 2.05) is 6.92 Å². The number of carboxylic acid groups (broad SMARTS) is 1. The maximum atomic E-state index is 10.1. The Morgan fingerprint density at radius 1 is 1.36 bits per heavy atom. The number of carbonyl (C=O) groups is 1. The van der Waals surface area contributed by atoms with Crippen LogP contribution in [0.4, 0.5) is 0 Å². The standard InChI is InChI=1S/C11H15NO.C8H16O2.CH3.Cs/c1-8(12)10-5-4-9-3-2-6-13-11(9)7-10;1-8(2,3)6-4-5-7(9)10;;/h4-5,7-8H,2-3,6,12H2,1H3;4-6H2,1-3H3,(H,9,10);1H3;/q;;-1;+1. The van der Waals surface area contributed by atoms with Crippen LogP contribution in [0.15, 0.2) is 18.2 Å². The minimum Gasteiger partial charge on any atom is -0.493 e. The minimum absolute atomic E-state index is 0. The Morgan fingerprint density at radius 3 is 2.52 bits per heavy atom. The predicted molar refractivity (Wildman–Crippen MR) is 100 cm³/mol. The molecule has 0 spiro atoms. The Morgan fingerprint density at radius 2 is 2.00 bits per heavy atom. The summed E-state index contributed by atoms with van der Waals surface area (Å²) in [4.78, 5) is 10.1. The third-order valence-electron chi connectivity index (χ3n) is 3.78. The Hall–Kier alpha value is 0.502. The van der Waals surface area contributed by atoms with E-state index in [0.717, 1.165) is 43.6 Å². The van der Waals surface area contributed by atoms with E-state index >= 15 is 0 Å². The molecule has 5 heteroatoms. The van der Waals surface area contributed by atoms with Gasteiger partial charge in [-0.05, 0) is 55.2 Å². The first kappa shape index (κ1) is 27.7. The number of aryl methyl sites for hydroxylation is 1. The van der Waals surface area contributed by atoms with Gasteiger partial charge < -0.3 is 23.0 Å². The molecule has 0 aromatic heterocycles. The van der Waals surface area contributed by atoms with Crippen LogP contribution in [-0.2, 0) is 11.2 Å².